The molecule has 0 bridgehead atoms. The van der Waals surface area contributed by atoms with Crippen LogP contribution in [0.3, 0.4) is 0 Å². The van der Waals surface area contributed by atoms with E-state index in [4.69, 9.17) is 14.2 Å². The summed E-state index contributed by atoms with van der Waals surface area (Å²) in [5.41, 5.74) is 5.04. The van der Waals surface area contributed by atoms with Gasteiger partial charge >= 0.3 is 0 Å². The average Bonchev–Trinajstić information content (AvgIpc) is 3.75. The van der Waals surface area contributed by atoms with Gasteiger partial charge in [-0.1, -0.05) is 24.8 Å². The maximum atomic E-state index is 14.9. The van der Waals surface area contributed by atoms with Gasteiger partial charge in [0.2, 0.25) is 11.8 Å². The van der Waals surface area contributed by atoms with Crippen LogP contribution >= 0.6 is 0 Å². The fourth-order valence-electron chi connectivity index (χ4n) is 6.78. The van der Waals surface area contributed by atoms with Crippen molar-refractivity contribution in [2.24, 2.45) is 7.05 Å². The van der Waals surface area contributed by atoms with Crippen LogP contribution < -0.4 is 10.6 Å². The normalized spacial score (nSPS) is 19.5. The van der Waals surface area contributed by atoms with E-state index < -0.39 is 0 Å². The molecule has 248 valence electrons. The van der Waals surface area contributed by atoms with Crippen molar-refractivity contribution in [3.63, 3.8) is 0 Å². The highest BCUT2D eigenvalue weighted by Gasteiger charge is 2.42. The summed E-state index contributed by atoms with van der Waals surface area (Å²) >= 11 is 0. The summed E-state index contributed by atoms with van der Waals surface area (Å²) in [5, 5.41) is 6.73. The number of benzene rings is 2. The fraction of sp³-hybridized carbons (Fsp3) is 0.486. The first-order valence-corrected chi connectivity index (χ1v) is 16.0. The molecule has 2 aliphatic rings. The lowest BCUT2D eigenvalue weighted by Gasteiger charge is -2.26. The Bertz CT molecular complexity index is 1520. The van der Waals surface area contributed by atoms with Gasteiger partial charge in [-0.3, -0.25) is 14.5 Å². The summed E-state index contributed by atoms with van der Waals surface area (Å²) in [6.45, 7) is 7.29. The molecule has 1 aromatic heterocycles. The number of fused-ring (bicyclic) bond motifs is 2. The van der Waals surface area contributed by atoms with Gasteiger partial charge in [0.05, 0.1) is 38.6 Å². The van der Waals surface area contributed by atoms with Crippen molar-refractivity contribution in [2.45, 2.75) is 30.8 Å². The highest BCUT2D eigenvalue weighted by Crippen LogP contribution is 2.44. The largest absolute Gasteiger partial charge is 0.377 e. The van der Waals surface area contributed by atoms with Gasteiger partial charge in [0.1, 0.15) is 12.4 Å². The van der Waals surface area contributed by atoms with Gasteiger partial charge < -0.3 is 34.3 Å². The summed E-state index contributed by atoms with van der Waals surface area (Å²) in [7, 11) is 6.29. The number of aromatic nitrogens is 1. The molecule has 2 N–H and O–H groups in total. The van der Waals surface area contributed by atoms with E-state index in [1.54, 1.807) is 6.07 Å². The fourth-order valence-corrected chi connectivity index (χ4v) is 6.78. The third-order valence-electron chi connectivity index (χ3n) is 9.00. The first-order chi connectivity index (χ1) is 22.3. The molecule has 0 saturated carbocycles. The minimum Gasteiger partial charge on any atom is -0.377 e. The number of anilines is 1. The van der Waals surface area contributed by atoms with E-state index in [0.29, 0.717) is 44.7 Å². The Labute approximate surface area is 270 Å². The van der Waals surface area contributed by atoms with Crippen LogP contribution in [0.25, 0.3) is 10.9 Å². The van der Waals surface area contributed by atoms with Crippen molar-refractivity contribution in [2.75, 3.05) is 78.7 Å². The third-order valence-corrected chi connectivity index (χ3v) is 9.00. The second-order valence-corrected chi connectivity index (χ2v) is 12.2. The SMILES string of the molecule is C=CC(=O)NCCOCCOCCOCC(=O)Nc1ccc2c([C@H]3CN([C@H]4CCc5cccc(F)c54)C[C@@H]3N(C)C)cn(C)c2c1. The van der Waals surface area contributed by atoms with E-state index in [-0.39, 0.29) is 42.8 Å². The van der Waals surface area contributed by atoms with Crippen LogP contribution in [0.4, 0.5) is 10.1 Å². The molecular formula is C35H46FN5O5. The number of rotatable bonds is 16. The van der Waals surface area contributed by atoms with Crippen LogP contribution in [0, 0.1) is 5.82 Å². The number of likely N-dealkylation sites (tertiary alicyclic amines) is 1. The molecule has 3 atom stereocenters. The van der Waals surface area contributed by atoms with E-state index in [2.05, 4.69) is 64.0 Å². The molecule has 1 saturated heterocycles. The second kappa shape index (κ2) is 15.8. The number of hydrogen-bond acceptors (Lipinski definition) is 7. The number of nitrogens with one attached hydrogen (secondary N) is 2. The molecule has 1 fully saturated rings. The molecule has 2 aromatic carbocycles. The molecule has 1 aliphatic heterocycles. The van der Waals surface area contributed by atoms with Crippen LogP contribution in [-0.2, 0) is 37.3 Å². The number of aryl methyl sites for hydroxylation is 2. The van der Waals surface area contributed by atoms with Crippen molar-refractivity contribution >= 4 is 28.4 Å². The van der Waals surface area contributed by atoms with Crippen molar-refractivity contribution in [1.82, 2.24) is 19.7 Å². The molecule has 11 heteroatoms. The lowest BCUT2D eigenvalue weighted by molar-refractivity contribution is -0.121. The predicted octanol–water partition coefficient (Wildman–Crippen LogP) is 3.62. The van der Waals surface area contributed by atoms with Crippen LogP contribution in [-0.4, -0.2) is 106 Å². The Morgan fingerprint density at radius 1 is 1.07 bits per heavy atom. The molecule has 0 spiro atoms. The summed E-state index contributed by atoms with van der Waals surface area (Å²) in [4.78, 5) is 28.4. The molecule has 5 rings (SSSR count). The van der Waals surface area contributed by atoms with Crippen molar-refractivity contribution < 1.29 is 28.2 Å². The molecule has 2 amide bonds. The van der Waals surface area contributed by atoms with Gasteiger partial charge in [0.25, 0.3) is 0 Å². The molecule has 0 radical (unpaired) electrons. The maximum absolute atomic E-state index is 14.9. The minimum absolute atomic E-state index is 0.0768. The van der Waals surface area contributed by atoms with Crippen LogP contribution in [0.2, 0.25) is 0 Å². The number of likely N-dealkylation sites (N-methyl/N-ethyl adjacent to an activating group) is 1. The number of ether oxygens (including phenoxy) is 3. The number of carbonyl (C=O) groups is 2. The monoisotopic (exact) mass is 635 g/mol. The van der Waals surface area contributed by atoms with E-state index >= 15 is 0 Å². The predicted molar refractivity (Wildman–Crippen MR) is 176 cm³/mol. The topological polar surface area (TPSA) is 97.3 Å². The van der Waals surface area contributed by atoms with Gasteiger partial charge in [0.15, 0.2) is 0 Å². The van der Waals surface area contributed by atoms with Gasteiger partial charge in [-0.2, -0.15) is 0 Å². The summed E-state index contributed by atoms with van der Waals surface area (Å²) in [6.07, 6.45) is 5.29. The Kier molecular flexibility index (Phi) is 11.6. The Morgan fingerprint density at radius 2 is 1.83 bits per heavy atom. The van der Waals surface area contributed by atoms with Crippen LogP contribution in [0.15, 0.2) is 55.3 Å². The summed E-state index contributed by atoms with van der Waals surface area (Å²) in [6, 6.07) is 11.9. The first kappa shape index (κ1) is 33.7. The van der Waals surface area contributed by atoms with Gasteiger partial charge in [0, 0.05) is 67.5 Å². The zero-order valence-corrected chi connectivity index (χ0v) is 27.1. The Morgan fingerprint density at radius 3 is 2.59 bits per heavy atom. The number of hydrogen-bond donors (Lipinski definition) is 2. The standard InChI is InChI=1S/C35H46FN5O5/c1-5-33(42)37-13-14-44-15-16-45-17-18-46-23-34(43)38-25-10-11-26-27(20-40(4)31(26)19-25)28-21-41(22-32(28)39(2)3)30-12-9-24-7-6-8-29(36)35(24)30/h5-8,10-11,19-20,28,30,32H,1,9,12-18,21-23H2,2-4H3,(H,37,42)(H,38,43)/t28-,30+,32+/m1/s1. The average molecular weight is 636 g/mol. The van der Waals surface area contributed by atoms with Gasteiger partial charge in [-0.05, 0) is 62.3 Å². The molecule has 2 heterocycles. The van der Waals surface area contributed by atoms with Gasteiger partial charge in [-0.15, -0.1) is 0 Å². The zero-order chi connectivity index (χ0) is 32.6. The lowest BCUT2D eigenvalue weighted by Crippen LogP contribution is -2.35. The highest BCUT2D eigenvalue weighted by molar-refractivity contribution is 5.95. The van der Waals surface area contributed by atoms with Crippen LogP contribution in [0.1, 0.15) is 35.1 Å². The van der Waals surface area contributed by atoms with Gasteiger partial charge in [-0.25, -0.2) is 4.39 Å². The number of nitrogens with zero attached hydrogens (tertiary/aromatic N) is 3. The molecule has 46 heavy (non-hydrogen) atoms. The number of amides is 2. The summed E-state index contributed by atoms with van der Waals surface area (Å²) < 4.78 is 33.3. The molecule has 10 nitrogen and oxygen atoms in total. The quantitative estimate of drug-likeness (QED) is 0.183. The third kappa shape index (κ3) is 8.02. The second-order valence-electron chi connectivity index (χ2n) is 12.2. The van der Waals surface area contributed by atoms with E-state index in [0.717, 1.165) is 48.0 Å². The van der Waals surface area contributed by atoms with E-state index in [9.17, 15) is 14.0 Å². The molecule has 1 aliphatic carbocycles. The van der Waals surface area contributed by atoms with Crippen molar-refractivity contribution in [3.05, 3.63) is 77.8 Å². The Hall–Kier alpha value is -3.61. The zero-order valence-electron chi connectivity index (χ0n) is 27.1. The minimum atomic E-state index is -0.234. The summed E-state index contributed by atoms with van der Waals surface area (Å²) in [5.74, 6) is -0.287. The van der Waals surface area contributed by atoms with Crippen molar-refractivity contribution in [1.29, 1.82) is 0 Å². The maximum Gasteiger partial charge on any atom is 0.250 e. The first-order valence-electron chi connectivity index (χ1n) is 16.0. The molecule has 3 aromatic rings. The van der Waals surface area contributed by atoms with Crippen LogP contribution in [0.5, 0.6) is 0 Å². The highest BCUT2D eigenvalue weighted by atomic mass is 19.1. The molecular weight excluding hydrogens is 589 g/mol. The number of carbonyl (C=O) groups excluding carboxylic acids is 2. The smallest absolute Gasteiger partial charge is 0.250 e. The number of halogens is 1. The van der Waals surface area contributed by atoms with Crippen molar-refractivity contribution in [3.8, 4) is 0 Å². The lowest BCUT2D eigenvalue weighted by atomic mass is 9.93. The van der Waals surface area contributed by atoms with E-state index in [1.807, 2.05) is 25.2 Å². The Balaban J connectivity index is 1.11. The molecule has 0 unspecified atom stereocenters. The van der Waals surface area contributed by atoms with E-state index in [1.165, 1.54) is 11.6 Å².